The molecule has 9 heteroatoms. The molecule has 4 heterocycles. The van der Waals surface area contributed by atoms with Crippen LogP contribution in [0.3, 0.4) is 0 Å². The van der Waals surface area contributed by atoms with Crippen molar-refractivity contribution >= 4 is 11.8 Å². The van der Waals surface area contributed by atoms with E-state index in [0.29, 0.717) is 51.7 Å². The molecule has 24 heavy (non-hydrogen) atoms. The zero-order valence-electron chi connectivity index (χ0n) is 13.5. The van der Waals surface area contributed by atoms with Crippen molar-refractivity contribution < 1.29 is 19.1 Å². The average Bonchev–Trinajstić information content (AvgIpc) is 3.25. The van der Waals surface area contributed by atoms with Gasteiger partial charge in [0, 0.05) is 32.8 Å². The van der Waals surface area contributed by atoms with Crippen LogP contribution in [-0.4, -0.2) is 88.7 Å². The summed E-state index contributed by atoms with van der Waals surface area (Å²) in [5, 5.41) is 8.06. The Morgan fingerprint density at radius 1 is 1.12 bits per heavy atom. The minimum absolute atomic E-state index is 0.0634. The molecule has 0 aromatic carbocycles. The van der Waals surface area contributed by atoms with Gasteiger partial charge in [-0.15, -0.1) is 5.10 Å². The average molecular weight is 335 g/mol. The molecule has 1 aromatic heterocycles. The summed E-state index contributed by atoms with van der Waals surface area (Å²) in [7, 11) is 0. The Labute approximate surface area is 139 Å². The van der Waals surface area contributed by atoms with E-state index in [0.717, 1.165) is 12.8 Å². The predicted octanol–water partition coefficient (Wildman–Crippen LogP) is -0.687. The number of aromatic nitrogens is 3. The fourth-order valence-electron chi connectivity index (χ4n) is 3.26. The Kier molecular flexibility index (Phi) is 4.19. The third-order valence-corrected chi connectivity index (χ3v) is 4.78. The minimum atomic E-state index is -0.278. The zero-order chi connectivity index (χ0) is 16.5. The Morgan fingerprint density at radius 3 is 2.62 bits per heavy atom. The molecule has 1 aromatic rings. The molecule has 0 N–H and O–H groups in total. The van der Waals surface area contributed by atoms with Gasteiger partial charge in [-0.3, -0.25) is 9.59 Å². The van der Waals surface area contributed by atoms with Crippen molar-refractivity contribution in [2.45, 2.75) is 25.0 Å². The normalized spacial score (nSPS) is 24.9. The molecule has 130 valence electrons. The maximum Gasteiger partial charge on any atom is 0.276 e. The summed E-state index contributed by atoms with van der Waals surface area (Å²) >= 11 is 0. The van der Waals surface area contributed by atoms with E-state index in [1.54, 1.807) is 20.7 Å². The maximum atomic E-state index is 12.4. The Bertz CT molecular complexity index is 615. The third kappa shape index (κ3) is 2.89. The highest BCUT2D eigenvalue weighted by molar-refractivity contribution is 5.92. The molecular formula is C15H21N5O4. The van der Waals surface area contributed by atoms with Gasteiger partial charge in [0.25, 0.3) is 11.8 Å². The van der Waals surface area contributed by atoms with Crippen LogP contribution in [0.2, 0.25) is 0 Å². The number of carbonyl (C=O) groups excluding carboxylic acids is 2. The molecule has 0 spiro atoms. The van der Waals surface area contributed by atoms with E-state index >= 15 is 0 Å². The van der Waals surface area contributed by atoms with E-state index in [9.17, 15) is 9.59 Å². The van der Waals surface area contributed by atoms with Gasteiger partial charge in [-0.1, -0.05) is 5.21 Å². The van der Waals surface area contributed by atoms with E-state index in [-0.39, 0.29) is 24.0 Å². The zero-order valence-corrected chi connectivity index (χ0v) is 13.5. The lowest BCUT2D eigenvalue weighted by Gasteiger charge is -2.39. The predicted molar refractivity (Wildman–Crippen MR) is 81.3 cm³/mol. The number of ether oxygens (including phenoxy) is 2. The topological polar surface area (TPSA) is 89.8 Å². The molecule has 0 aliphatic carbocycles. The standard InChI is InChI=1S/C15H21N5O4/c21-14(18-3-6-23-7-4-18)12-10-20(17-16-12)11-8-19(9-11)15(22)13-2-1-5-24-13/h10-11,13H,1-9H2. The van der Waals surface area contributed by atoms with E-state index < -0.39 is 0 Å². The van der Waals surface area contributed by atoms with Crippen molar-refractivity contribution in [3.8, 4) is 0 Å². The lowest BCUT2D eigenvalue weighted by atomic mass is 10.1. The van der Waals surface area contributed by atoms with Crippen LogP contribution in [0.25, 0.3) is 0 Å². The Hall–Kier alpha value is -2.00. The van der Waals surface area contributed by atoms with Crippen molar-refractivity contribution in [1.82, 2.24) is 24.8 Å². The van der Waals surface area contributed by atoms with Crippen LogP contribution in [0.1, 0.15) is 29.4 Å². The number of likely N-dealkylation sites (tertiary alicyclic amines) is 1. The van der Waals surface area contributed by atoms with E-state index in [2.05, 4.69) is 10.3 Å². The van der Waals surface area contributed by atoms with Crippen molar-refractivity contribution in [3.63, 3.8) is 0 Å². The van der Waals surface area contributed by atoms with Gasteiger partial charge in [0.2, 0.25) is 0 Å². The van der Waals surface area contributed by atoms with Gasteiger partial charge in [0.05, 0.1) is 25.5 Å². The second-order valence-corrected chi connectivity index (χ2v) is 6.39. The van der Waals surface area contributed by atoms with Crippen LogP contribution in [0.5, 0.6) is 0 Å². The van der Waals surface area contributed by atoms with Crippen LogP contribution < -0.4 is 0 Å². The van der Waals surface area contributed by atoms with Gasteiger partial charge in [-0.05, 0) is 12.8 Å². The Balaban J connectivity index is 1.33. The number of rotatable bonds is 3. The third-order valence-electron chi connectivity index (χ3n) is 4.78. The number of morpholine rings is 1. The van der Waals surface area contributed by atoms with Gasteiger partial charge in [-0.2, -0.15) is 0 Å². The second-order valence-electron chi connectivity index (χ2n) is 6.39. The van der Waals surface area contributed by atoms with Gasteiger partial charge >= 0.3 is 0 Å². The van der Waals surface area contributed by atoms with E-state index in [1.165, 1.54) is 0 Å². The summed E-state index contributed by atoms with van der Waals surface area (Å²) in [6.07, 6.45) is 3.15. The van der Waals surface area contributed by atoms with Crippen LogP contribution in [0.4, 0.5) is 0 Å². The minimum Gasteiger partial charge on any atom is -0.378 e. The SMILES string of the molecule is O=C(c1cn(C2CN(C(=O)C3CCCO3)C2)nn1)N1CCOCC1. The second kappa shape index (κ2) is 6.48. The summed E-state index contributed by atoms with van der Waals surface area (Å²) in [6.45, 7) is 4.13. The molecule has 0 radical (unpaired) electrons. The van der Waals surface area contributed by atoms with E-state index in [1.807, 2.05) is 0 Å². The molecule has 9 nitrogen and oxygen atoms in total. The summed E-state index contributed by atoms with van der Waals surface area (Å²) in [5.41, 5.74) is 0.348. The van der Waals surface area contributed by atoms with Crippen molar-refractivity contribution in [3.05, 3.63) is 11.9 Å². The fourth-order valence-corrected chi connectivity index (χ4v) is 3.26. The molecule has 2 amide bonds. The largest absolute Gasteiger partial charge is 0.378 e. The first-order valence-corrected chi connectivity index (χ1v) is 8.41. The molecule has 0 bridgehead atoms. The highest BCUT2D eigenvalue weighted by Crippen LogP contribution is 2.24. The van der Waals surface area contributed by atoms with Crippen LogP contribution in [0.15, 0.2) is 6.20 Å². The monoisotopic (exact) mass is 335 g/mol. The smallest absolute Gasteiger partial charge is 0.276 e. The Morgan fingerprint density at radius 2 is 1.92 bits per heavy atom. The summed E-state index contributed by atoms with van der Waals surface area (Å²) in [6, 6.07) is 0.0779. The molecule has 4 rings (SSSR count). The lowest BCUT2D eigenvalue weighted by Crippen LogP contribution is -2.54. The molecule has 1 atom stereocenters. The molecule has 1 unspecified atom stereocenters. The van der Waals surface area contributed by atoms with Gasteiger partial charge < -0.3 is 19.3 Å². The van der Waals surface area contributed by atoms with Crippen molar-refractivity contribution in [1.29, 1.82) is 0 Å². The highest BCUT2D eigenvalue weighted by atomic mass is 16.5. The molecular weight excluding hydrogens is 314 g/mol. The van der Waals surface area contributed by atoms with Gasteiger partial charge in [-0.25, -0.2) is 4.68 Å². The number of hydrogen-bond acceptors (Lipinski definition) is 6. The van der Waals surface area contributed by atoms with Gasteiger partial charge in [0.15, 0.2) is 5.69 Å². The van der Waals surface area contributed by atoms with Crippen LogP contribution in [0, 0.1) is 0 Å². The number of amides is 2. The summed E-state index contributed by atoms with van der Waals surface area (Å²) in [5.74, 6) is -0.0513. The molecule has 0 saturated carbocycles. The quantitative estimate of drug-likeness (QED) is 0.726. The number of nitrogens with zero attached hydrogens (tertiary/aromatic N) is 5. The summed E-state index contributed by atoms with van der Waals surface area (Å²) < 4.78 is 12.4. The highest BCUT2D eigenvalue weighted by Gasteiger charge is 2.37. The summed E-state index contributed by atoms with van der Waals surface area (Å²) in [4.78, 5) is 28.1. The first kappa shape index (κ1) is 15.5. The first-order chi connectivity index (χ1) is 11.7. The fraction of sp³-hybridized carbons (Fsp3) is 0.733. The first-order valence-electron chi connectivity index (χ1n) is 8.41. The molecule has 3 aliphatic heterocycles. The van der Waals surface area contributed by atoms with E-state index in [4.69, 9.17) is 9.47 Å². The van der Waals surface area contributed by atoms with Crippen LogP contribution in [-0.2, 0) is 14.3 Å². The van der Waals surface area contributed by atoms with Crippen LogP contribution >= 0.6 is 0 Å². The number of hydrogen-bond donors (Lipinski definition) is 0. The van der Waals surface area contributed by atoms with Crippen molar-refractivity contribution in [2.75, 3.05) is 46.0 Å². The number of carbonyl (C=O) groups is 2. The molecule has 3 aliphatic rings. The maximum absolute atomic E-state index is 12.4. The van der Waals surface area contributed by atoms with Crippen molar-refractivity contribution in [2.24, 2.45) is 0 Å². The van der Waals surface area contributed by atoms with Gasteiger partial charge in [0.1, 0.15) is 6.10 Å². The molecule has 3 saturated heterocycles. The molecule has 3 fully saturated rings. The lowest BCUT2D eigenvalue weighted by molar-refractivity contribution is -0.147.